The summed E-state index contributed by atoms with van der Waals surface area (Å²) in [6.07, 6.45) is 0. The number of carbonyl (C=O) groups is 2. The van der Waals surface area contributed by atoms with E-state index >= 15 is 0 Å². The van der Waals surface area contributed by atoms with Gasteiger partial charge in [-0.25, -0.2) is 19.6 Å². The summed E-state index contributed by atoms with van der Waals surface area (Å²) in [5.41, 5.74) is 0.477. The van der Waals surface area contributed by atoms with Crippen molar-refractivity contribution in [2.45, 2.75) is 20.8 Å². The van der Waals surface area contributed by atoms with E-state index < -0.39 is 17.5 Å². The fourth-order valence-corrected chi connectivity index (χ4v) is 4.08. The van der Waals surface area contributed by atoms with Crippen LogP contribution in [0.1, 0.15) is 41.7 Å². The molecule has 0 atom stereocenters. The number of esters is 2. The van der Waals surface area contributed by atoms with E-state index in [-0.39, 0.29) is 30.2 Å². The number of aromatic amines is 1. The predicted octanol–water partition coefficient (Wildman–Crippen LogP) is 3.37. The molecule has 0 aliphatic rings. The van der Waals surface area contributed by atoms with Gasteiger partial charge >= 0.3 is 11.9 Å². The van der Waals surface area contributed by atoms with Crippen molar-refractivity contribution in [1.29, 1.82) is 0 Å². The van der Waals surface area contributed by atoms with Gasteiger partial charge in [-0.3, -0.25) is 4.79 Å². The van der Waals surface area contributed by atoms with E-state index in [1.54, 1.807) is 25.3 Å². The van der Waals surface area contributed by atoms with Gasteiger partial charge in [-0.15, -0.1) is 22.7 Å². The van der Waals surface area contributed by atoms with Crippen molar-refractivity contribution in [3.05, 3.63) is 38.6 Å². The first-order valence-electron chi connectivity index (χ1n) is 9.14. The second-order valence-electron chi connectivity index (χ2n) is 5.70. The number of H-pyrrole nitrogens is 1. The molecule has 1 N–H and O–H groups in total. The topological polar surface area (TPSA) is 120 Å². The molecule has 0 aliphatic heterocycles. The molecule has 0 radical (unpaired) electrons. The Kier molecular flexibility index (Phi) is 6.95. The predicted molar refractivity (Wildman–Crippen MR) is 112 cm³/mol. The van der Waals surface area contributed by atoms with Gasteiger partial charge in [-0.1, -0.05) is 0 Å². The number of nitrogens with one attached hydrogen (secondary N) is 1. The summed E-state index contributed by atoms with van der Waals surface area (Å²) in [5, 5.41) is 3.87. The molecule has 3 rings (SSSR count). The smallest absolute Gasteiger partial charge is 0.357 e. The number of pyridine rings is 1. The Morgan fingerprint density at radius 2 is 1.50 bits per heavy atom. The molecule has 158 valence electrons. The van der Waals surface area contributed by atoms with Crippen LogP contribution >= 0.6 is 22.7 Å². The Morgan fingerprint density at radius 3 is 2.07 bits per heavy atom. The van der Waals surface area contributed by atoms with Gasteiger partial charge in [-0.2, -0.15) is 0 Å². The Bertz CT molecular complexity index is 1120. The molecular weight excluding hydrogens is 430 g/mol. The summed E-state index contributed by atoms with van der Waals surface area (Å²) < 4.78 is 15.6. The van der Waals surface area contributed by atoms with Crippen LogP contribution in [0.5, 0.6) is 5.75 Å². The van der Waals surface area contributed by atoms with Crippen molar-refractivity contribution in [3.63, 3.8) is 0 Å². The van der Waals surface area contributed by atoms with Gasteiger partial charge in [0.2, 0.25) is 0 Å². The van der Waals surface area contributed by atoms with Crippen LogP contribution in [-0.2, 0) is 9.47 Å². The minimum atomic E-state index is -0.549. The lowest BCUT2D eigenvalue weighted by molar-refractivity contribution is 0.0511. The number of carbonyl (C=O) groups excluding carboxylic acids is 2. The molecule has 0 fully saturated rings. The number of hydrogen-bond donors (Lipinski definition) is 1. The highest BCUT2D eigenvalue weighted by molar-refractivity contribution is 7.13. The lowest BCUT2D eigenvalue weighted by Gasteiger charge is -2.09. The first-order valence-corrected chi connectivity index (χ1v) is 10.9. The zero-order valence-electron chi connectivity index (χ0n) is 16.5. The van der Waals surface area contributed by atoms with Crippen molar-refractivity contribution < 1.29 is 23.8 Å². The number of rotatable bonds is 8. The van der Waals surface area contributed by atoms with E-state index in [0.29, 0.717) is 28.1 Å². The summed E-state index contributed by atoms with van der Waals surface area (Å²) in [7, 11) is 0. The van der Waals surface area contributed by atoms with Crippen LogP contribution in [-0.4, -0.2) is 46.7 Å². The second kappa shape index (κ2) is 9.63. The minimum Gasteiger partial charge on any atom is -0.492 e. The molecule has 0 saturated carbocycles. The number of ether oxygens (including phenoxy) is 3. The third-order valence-electron chi connectivity index (χ3n) is 3.73. The lowest BCUT2D eigenvalue weighted by Crippen LogP contribution is -2.12. The zero-order valence-corrected chi connectivity index (χ0v) is 18.1. The van der Waals surface area contributed by atoms with Crippen LogP contribution in [0.3, 0.4) is 0 Å². The van der Waals surface area contributed by atoms with Crippen LogP contribution < -0.4 is 10.3 Å². The summed E-state index contributed by atoms with van der Waals surface area (Å²) in [4.78, 5) is 47.7. The van der Waals surface area contributed by atoms with Gasteiger partial charge in [0.25, 0.3) is 5.56 Å². The number of hydrogen-bond acceptors (Lipinski definition) is 10. The van der Waals surface area contributed by atoms with Crippen LogP contribution in [0.25, 0.3) is 21.3 Å². The summed E-state index contributed by atoms with van der Waals surface area (Å²) in [6, 6.07) is 1.55. The highest BCUT2D eigenvalue weighted by Gasteiger charge is 2.20. The van der Waals surface area contributed by atoms with Crippen molar-refractivity contribution in [2.24, 2.45) is 0 Å². The highest BCUT2D eigenvalue weighted by atomic mass is 32.1. The van der Waals surface area contributed by atoms with Crippen LogP contribution in [0, 0.1) is 0 Å². The van der Waals surface area contributed by atoms with E-state index in [9.17, 15) is 14.4 Å². The van der Waals surface area contributed by atoms with Crippen LogP contribution in [0.4, 0.5) is 0 Å². The molecule has 0 saturated heterocycles. The summed E-state index contributed by atoms with van der Waals surface area (Å²) >= 11 is 2.34. The van der Waals surface area contributed by atoms with Crippen molar-refractivity contribution in [1.82, 2.24) is 15.0 Å². The highest BCUT2D eigenvalue weighted by Crippen LogP contribution is 2.33. The molecular formula is C19H19N3O6S2. The Balaban J connectivity index is 2.00. The SMILES string of the molecule is CCOC(=O)c1csc(-c2[nH]c(=O)c(-c3nc(C(=O)OCC)cs3)cc2OCC)n1. The average molecular weight is 450 g/mol. The van der Waals surface area contributed by atoms with E-state index in [1.165, 1.54) is 16.7 Å². The monoisotopic (exact) mass is 449 g/mol. The van der Waals surface area contributed by atoms with Gasteiger partial charge in [0.15, 0.2) is 11.4 Å². The Labute approximate surface area is 179 Å². The quantitative estimate of drug-likeness (QED) is 0.520. The molecule has 11 heteroatoms. The van der Waals surface area contributed by atoms with Crippen LogP contribution in [0.2, 0.25) is 0 Å². The normalized spacial score (nSPS) is 10.6. The van der Waals surface area contributed by atoms with Crippen LogP contribution in [0.15, 0.2) is 21.6 Å². The largest absolute Gasteiger partial charge is 0.492 e. The minimum absolute atomic E-state index is 0.136. The van der Waals surface area contributed by atoms with E-state index in [4.69, 9.17) is 14.2 Å². The number of thiazole rings is 2. The number of nitrogens with zero attached hydrogens (tertiary/aromatic N) is 2. The third kappa shape index (κ3) is 4.57. The van der Waals surface area contributed by atoms with Crippen molar-refractivity contribution in [2.75, 3.05) is 19.8 Å². The first-order chi connectivity index (χ1) is 14.5. The summed E-state index contributed by atoms with van der Waals surface area (Å²) in [6.45, 7) is 6.04. The average Bonchev–Trinajstić information content (AvgIpc) is 3.40. The van der Waals surface area contributed by atoms with Crippen molar-refractivity contribution in [3.8, 4) is 27.0 Å². The molecule has 30 heavy (non-hydrogen) atoms. The van der Waals surface area contributed by atoms with E-state index in [1.807, 2.05) is 6.92 Å². The van der Waals surface area contributed by atoms with E-state index in [2.05, 4.69) is 15.0 Å². The molecule has 9 nitrogen and oxygen atoms in total. The van der Waals surface area contributed by atoms with E-state index in [0.717, 1.165) is 11.3 Å². The van der Waals surface area contributed by atoms with Gasteiger partial charge in [0, 0.05) is 10.8 Å². The molecule has 0 amide bonds. The lowest BCUT2D eigenvalue weighted by atomic mass is 10.2. The molecule has 0 unspecified atom stereocenters. The zero-order chi connectivity index (χ0) is 21.7. The van der Waals surface area contributed by atoms with Gasteiger partial charge in [-0.05, 0) is 26.8 Å². The maximum Gasteiger partial charge on any atom is 0.357 e. The second-order valence-corrected chi connectivity index (χ2v) is 7.42. The van der Waals surface area contributed by atoms with Gasteiger partial charge < -0.3 is 19.2 Å². The standard InChI is InChI=1S/C19H19N3O6S2/c1-4-26-13-7-10(16-20-11(8-29-16)18(24)27-5-2)15(23)22-14(13)17-21-12(9-30-17)19(25)28-6-3/h7-9H,4-6H2,1-3H3,(H,22,23). The molecule has 0 spiro atoms. The first kappa shape index (κ1) is 21.7. The molecule has 3 aromatic rings. The van der Waals surface area contributed by atoms with Crippen molar-refractivity contribution >= 4 is 34.6 Å². The molecule has 0 aromatic carbocycles. The molecule has 0 aliphatic carbocycles. The molecule has 3 aromatic heterocycles. The Hall–Kier alpha value is -3.05. The third-order valence-corrected chi connectivity index (χ3v) is 5.46. The summed E-state index contributed by atoms with van der Waals surface area (Å²) in [5.74, 6) is -0.705. The molecule has 0 bridgehead atoms. The van der Waals surface area contributed by atoms with Gasteiger partial charge in [0.05, 0.1) is 25.4 Å². The maximum atomic E-state index is 12.7. The fraction of sp³-hybridized carbons (Fsp3) is 0.316. The molecule has 3 heterocycles. The number of aromatic nitrogens is 3. The Morgan fingerprint density at radius 1 is 0.933 bits per heavy atom. The van der Waals surface area contributed by atoms with Gasteiger partial charge in [0.1, 0.15) is 21.5 Å². The fourth-order valence-electron chi connectivity index (χ4n) is 2.48. The maximum absolute atomic E-state index is 12.7.